The van der Waals surface area contributed by atoms with Gasteiger partial charge in [-0.15, -0.1) is 0 Å². The number of hydrogen-bond donors (Lipinski definition) is 0. The summed E-state index contributed by atoms with van der Waals surface area (Å²) in [5.41, 5.74) is 4.57. The maximum atomic E-state index is 13.9. The van der Waals surface area contributed by atoms with Crippen LogP contribution in [-0.4, -0.2) is 30.1 Å². The Morgan fingerprint density at radius 2 is 1.64 bits per heavy atom. The molecular weight excluding hydrogens is 678 g/mol. The molecule has 0 atom stereocenters. The number of aromatic nitrogens is 2. The molecule has 1 aromatic heterocycles. The molecule has 6 rings (SSSR count). The van der Waals surface area contributed by atoms with E-state index in [0.29, 0.717) is 49.9 Å². The molecule has 0 aliphatic rings. The first-order valence-corrected chi connectivity index (χ1v) is 16.3. The number of rotatable bonds is 9. The Kier molecular flexibility index (Phi) is 9.34. The number of fused-ring (bicyclic) bond motifs is 2. The number of para-hydroxylation sites is 1. The smallest absolute Gasteiger partial charge is 0.282 e. The van der Waals surface area contributed by atoms with Crippen LogP contribution in [-0.2, 0) is 6.61 Å². The van der Waals surface area contributed by atoms with Gasteiger partial charge in [0.2, 0.25) is 0 Å². The van der Waals surface area contributed by atoms with Crippen molar-refractivity contribution in [3.05, 3.63) is 127 Å². The lowest BCUT2D eigenvalue weighted by Crippen LogP contribution is -2.21. The van der Waals surface area contributed by atoms with E-state index < -0.39 is 0 Å². The third-order valence-electron chi connectivity index (χ3n) is 8.13. The van der Waals surface area contributed by atoms with Crippen molar-refractivity contribution >= 4 is 55.4 Å². The average molecular weight is 711 g/mol. The molecule has 0 aliphatic heterocycles. The fourth-order valence-corrected chi connectivity index (χ4v) is 6.30. The van der Waals surface area contributed by atoms with Crippen molar-refractivity contribution in [2.45, 2.75) is 33.3 Å². The van der Waals surface area contributed by atoms with Crippen LogP contribution in [0.25, 0.3) is 33.1 Å². The number of nitrogens with zero attached hydrogens (tertiary/aromatic N) is 3. The second-order valence-corrected chi connectivity index (χ2v) is 12.6. The van der Waals surface area contributed by atoms with Crippen LogP contribution < -0.4 is 19.8 Å². The first-order valence-electron chi connectivity index (χ1n) is 15.1. The molecule has 0 fully saturated rings. The fourth-order valence-electron chi connectivity index (χ4n) is 5.65. The van der Waals surface area contributed by atoms with Gasteiger partial charge in [0, 0.05) is 15.6 Å². The molecule has 5 aromatic carbocycles. The van der Waals surface area contributed by atoms with Crippen LogP contribution in [0.5, 0.6) is 17.2 Å². The van der Waals surface area contributed by atoms with Crippen LogP contribution >= 0.6 is 27.5 Å². The van der Waals surface area contributed by atoms with E-state index in [2.05, 4.69) is 48.0 Å². The van der Waals surface area contributed by atoms with Crippen molar-refractivity contribution in [3.63, 3.8) is 0 Å². The minimum Gasteiger partial charge on any atom is -0.496 e. The minimum absolute atomic E-state index is 0.181. The maximum Gasteiger partial charge on any atom is 0.282 e. The lowest BCUT2D eigenvalue weighted by Gasteiger charge is -2.18. The molecule has 0 aliphatic carbocycles. The van der Waals surface area contributed by atoms with Gasteiger partial charge in [0.05, 0.1) is 31.3 Å². The van der Waals surface area contributed by atoms with Crippen LogP contribution in [0.3, 0.4) is 0 Å². The van der Waals surface area contributed by atoms with Gasteiger partial charge in [-0.3, -0.25) is 4.79 Å². The Balaban J connectivity index is 1.43. The van der Waals surface area contributed by atoms with Gasteiger partial charge in [-0.25, -0.2) is 4.98 Å². The number of halogens is 2. The largest absolute Gasteiger partial charge is 0.496 e. The summed E-state index contributed by atoms with van der Waals surface area (Å²) in [4.78, 5) is 18.9. The van der Waals surface area contributed by atoms with Crippen molar-refractivity contribution in [3.8, 4) is 28.6 Å². The molecule has 0 saturated heterocycles. The normalized spacial score (nSPS) is 11.6. The van der Waals surface area contributed by atoms with Gasteiger partial charge in [0.25, 0.3) is 5.56 Å². The van der Waals surface area contributed by atoms with E-state index in [-0.39, 0.29) is 11.5 Å². The molecule has 0 bridgehead atoms. The summed E-state index contributed by atoms with van der Waals surface area (Å²) in [5, 5.41) is 7.70. The highest BCUT2D eigenvalue weighted by molar-refractivity contribution is 9.10. The van der Waals surface area contributed by atoms with Crippen LogP contribution in [0.15, 0.2) is 99.3 Å². The molecule has 0 N–H and O–H groups in total. The molecule has 0 unspecified atom stereocenters. The highest BCUT2D eigenvalue weighted by Gasteiger charge is 2.20. The number of ether oxygens (including phenoxy) is 3. The quantitative estimate of drug-likeness (QED) is 0.140. The van der Waals surface area contributed by atoms with Crippen molar-refractivity contribution in [2.75, 3.05) is 14.2 Å². The van der Waals surface area contributed by atoms with E-state index in [9.17, 15) is 4.79 Å². The van der Waals surface area contributed by atoms with E-state index in [0.717, 1.165) is 38.8 Å². The van der Waals surface area contributed by atoms with Gasteiger partial charge in [-0.1, -0.05) is 80.0 Å². The summed E-state index contributed by atoms with van der Waals surface area (Å²) in [6, 6.07) is 27.3. The predicted molar refractivity (Wildman–Crippen MR) is 194 cm³/mol. The van der Waals surface area contributed by atoms with Gasteiger partial charge in [0.15, 0.2) is 17.3 Å². The molecule has 0 amide bonds. The molecule has 6 aromatic rings. The molecule has 0 radical (unpaired) electrons. The fraction of sp³-hybridized carbons (Fsp3) is 0.184. The average Bonchev–Trinajstić information content (AvgIpc) is 3.08. The lowest BCUT2D eigenvalue weighted by atomic mass is 9.96. The van der Waals surface area contributed by atoms with Gasteiger partial charge in [0.1, 0.15) is 17.4 Å². The Morgan fingerprint density at radius 3 is 2.38 bits per heavy atom. The summed E-state index contributed by atoms with van der Waals surface area (Å²) in [7, 11) is 3.21. The zero-order valence-corrected chi connectivity index (χ0v) is 29.0. The van der Waals surface area contributed by atoms with Gasteiger partial charge >= 0.3 is 0 Å². The van der Waals surface area contributed by atoms with Crippen LogP contribution in [0.2, 0.25) is 5.02 Å². The number of aryl methyl sites for hydroxylation is 1. The van der Waals surface area contributed by atoms with Gasteiger partial charge < -0.3 is 14.2 Å². The Labute approximate surface area is 286 Å². The monoisotopic (exact) mass is 709 g/mol. The summed E-state index contributed by atoms with van der Waals surface area (Å²) in [6.07, 6.45) is 1.57. The topological polar surface area (TPSA) is 74.9 Å². The highest BCUT2D eigenvalue weighted by atomic mass is 79.9. The van der Waals surface area contributed by atoms with Crippen LogP contribution in [0, 0.1) is 6.92 Å². The molecule has 238 valence electrons. The predicted octanol–water partition coefficient (Wildman–Crippen LogP) is 9.54. The zero-order valence-electron chi connectivity index (χ0n) is 26.7. The molecule has 7 nitrogen and oxygen atoms in total. The molecule has 0 spiro atoms. The lowest BCUT2D eigenvalue weighted by molar-refractivity contribution is 0.285. The Morgan fingerprint density at radius 1 is 0.936 bits per heavy atom. The highest BCUT2D eigenvalue weighted by Crippen LogP contribution is 2.43. The second kappa shape index (κ2) is 13.6. The molecule has 47 heavy (non-hydrogen) atoms. The van der Waals surface area contributed by atoms with E-state index in [4.69, 9.17) is 35.9 Å². The van der Waals surface area contributed by atoms with E-state index in [1.165, 1.54) is 4.68 Å². The van der Waals surface area contributed by atoms with E-state index >= 15 is 0 Å². The summed E-state index contributed by atoms with van der Waals surface area (Å²) in [5.74, 6) is 2.20. The third kappa shape index (κ3) is 6.23. The summed E-state index contributed by atoms with van der Waals surface area (Å²) >= 11 is 10.5. The number of methoxy groups -OCH3 is 2. The maximum absolute atomic E-state index is 13.9. The Bertz CT molecular complexity index is 2220. The standard InChI is InChI=1S/C38H33BrClN3O4/c1-22(2)29-19-30(23(3)17-32(29)45-4)37-42-31-16-9-8-15-28(31)38(44)43(37)41-20-26-18-33(46-5)36(35(40)34(26)39)47-21-25-13-10-12-24-11-6-7-14-27(24)25/h6-20,22H,21H2,1-5H3. The first-order chi connectivity index (χ1) is 22.7. The number of hydrogen-bond acceptors (Lipinski definition) is 6. The molecule has 9 heteroatoms. The van der Waals surface area contributed by atoms with Crippen molar-refractivity contribution in [1.82, 2.24) is 9.66 Å². The van der Waals surface area contributed by atoms with Crippen molar-refractivity contribution in [2.24, 2.45) is 5.10 Å². The molecule has 0 saturated carbocycles. The van der Waals surface area contributed by atoms with E-state index in [1.807, 2.05) is 61.5 Å². The van der Waals surface area contributed by atoms with Gasteiger partial charge in [-0.05, 0) is 86.6 Å². The van der Waals surface area contributed by atoms with Crippen LogP contribution in [0.4, 0.5) is 0 Å². The molecule has 1 heterocycles. The SMILES string of the molecule is COc1cc(C)c(-c2nc3ccccc3c(=O)n2N=Cc2cc(OC)c(OCc3cccc4ccccc34)c(Cl)c2Br)cc1C(C)C. The van der Waals surface area contributed by atoms with Gasteiger partial charge in [-0.2, -0.15) is 9.78 Å². The second-order valence-electron chi connectivity index (χ2n) is 11.4. The molecular formula is C38H33BrClN3O4. The van der Waals surface area contributed by atoms with Crippen LogP contribution in [0.1, 0.15) is 42.0 Å². The van der Waals surface area contributed by atoms with Crippen molar-refractivity contribution < 1.29 is 14.2 Å². The first kappa shape index (κ1) is 32.3. The summed E-state index contributed by atoms with van der Waals surface area (Å²) < 4.78 is 19.5. The van der Waals surface area contributed by atoms with Crippen molar-refractivity contribution in [1.29, 1.82) is 0 Å². The Hall–Kier alpha value is -4.66. The number of benzene rings is 5. The summed E-state index contributed by atoms with van der Waals surface area (Å²) in [6.45, 7) is 6.45. The van der Waals surface area contributed by atoms with E-state index in [1.54, 1.807) is 32.6 Å². The third-order valence-corrected chi connectivity index (χ3v) is 9.58. The zero-order chi connectivity index (χ0) is 33.2. The minimum atomic E-state index is -0.299.